The van der Waals surface area contributed by atoms with Gasteiger partial charge in [-0.3, -0.25) is 9.69 Å². The number of amides is 2. The summed E-state index contributed by atoms with van der Waals surface area (Å²) in [4.78, 5) is 26.5. The molecule has 48 heavy (non-hydrogen) atoms. The Labute approximate surface area is 267 Å². The smallest absolute Gasteiger partial charge is 0.416 e. The highest BCUT2D eigenvalue weighted by Crippen LogP contribution is 2.52. The van der Waals surface area contributed by atoms with Crippen LogP contribution in [0.4, 0.5) is 44.3 Å². The second-order valence-corrected chi connectivity index (χ2v) is 12.1. The van der Waals surface area contributed by atoms with E-state index in [1.54, 1.807) is 18.2 Å². The molecule has 0 saturated carbocycles. The molecule has 6 rings (SSSR count). The van der Waals surface area contributed by atoms with E-state index in [0.717, 1.165) is 17.0 Å². The van der Waals surface area contributed by atoms with Crippen LogP contribution in [0.25, 0.3) is 11.1 Å². The molecule has 0 unspecified atom stereocenters. The molecule has 3 aliphatic rings. The van der Waals surface area contributed by atoms with Gasteiger partial charge in [0.15, 0.2) is 0 Å². The minimum absolute atomic E-state index is 0.0128. The van der Waals surface area contributed by atoms with Gasteiger partial charge in [-0.25, -0.2) is 4.79 Å². The highest BCUT2D eigenvalue weighted by Gasteiger charge is 2.52. The third kappa shape index (κ3) is 6.02. The van der Waals surface area contributed by atoms with Gasteiger partial charge in [-0.05, 0) is 84.5 Å². The van der Waals surface area contributed by atoms with E-state index in [1.807, 2.05) is 6.92 Å². The largest absolute Gasteiger partial charge is 0.496 e. The first-order valence-electron chi connectivity index (χ1n) is 14.8. The number of ether oxygens (including phenoxy) is 2. The summed E-state index contributed by atoms with van der Waals surface area (Å²) in [6, 6.07) is 6.59. The van der Waals surface area contributed by atoms with Gasteiger partial charge in [-0.2, -0.15) is 39.5 Å². The molecule has 2 amide bonds. The van der Waals surface area contributed by atoms with Crippen LogP contribution in [-0.4, -0.2) is 36.1 Å². The van der Waals surface area contributed by atoms with Crippen molar-refractivity contribution in [1.82, 2.24) is 10.2 Å². The molecule has 0 radical (unpaired) electrons. The summed E-state index contributed by atoms with van der Waals surface area (Å²) in [7, 11) is 1.36. The summed E-state index contributed by atoms with van der Waals surface area (Å²) < 4.78 is 135. The lowest BCUT2D eigenvalue weighted by atomic mass is 9.87. The number of methoxy groups -OCH3 is 1. The van der Waals surface area contributed by atoms with Crippen molar-refractivity contribution in [3.05, 3.63) is 88.0 Å². The van der Waals surface area contributed by atoms with Crippen LogP contribution >= 0.6 is 0 Å². The first kappa shape index (κ1) is 33.5. The number of benzene rings is 3. The Kier molecular flexibility index (Phi) is 8.10. The first-order chi connectivity index (χ1) is 22.4. The van der Waals surface area contributed by atoms with Crippen LogP contribution in [0.3, 0.4) is 0 Å². The van der Waals surface area contributed by atoms with E-state index < -0.39 is 65.1 Å². The van der Waals surface area contributed by atoms with Crippen LogP contribution in [0.15, 0.2) is 54.6 Å². The number of nitrogens with one attached hydrogen (secondary N) is 1. The van der Waals surface area contributed by atoms with Gasteiger partial charge in [-0.15, -0.1) is 0 Å². The van der Waals surface area contributed by atoms with Gasteiger partial charge in [0.05, 0.1) is 35.9 Å². The zero-order valence-corrected chi connectivity index (χ0v) is 25.2. The monoisotopic (exact) mass is 686 g/mol. The fourth-order valence-electron chi connectivity index (χ4n) is 7.01. The molecular weight excluding hydrogens is 659 g/mol. The van der Waals surface area contributed by atoms with Crippen LogP contribution in [0.2, 0.25) is 0 Å². The number of cyclic esters (lactones) is 1. The summed E-state index contributed by atoms with van der Waals surface area (Å²) in [6.45, 7) is 1.82. The van der Waals surface area contributed by atoms with Crippen molar-refractivity contribution in [2.45, 2.75) is 74.9 Å². The normalized spacial score (nSPS) is 24.5. The number of carbonyl (C=O) groups is 2. The van der Waals surface area contributed by atoms with Gasteiger partial charge in [0.25, 0.3) is 0 Å². The van der Waals surface area contributed by atoms with Gasteiger partial charge in [0.2, 0.25) is 5.91 Å². The minimum Gasteiger partial charge on any atom is -0.496 e. The van der Waals surface area contributed by atoms with E-state index in [0.29, 0.717) is 23.3 Å². The van der Waals surface area contributed by atoms with Crippen molar-refractivity contribution in [3.63, 3.8) is 0 Å². The molecule has 256 valence electrons. The Balaban J connectivity index is 1.45. The summed E-state index contributed by atoms with van der Waals surface area (Å²) in [5.41, 5.74) is -3.38. The zero-order chi connectivity index (χ0) is 34.9. The fourth-order valence-corrected chi connectivity index (χ4v) is 7.01. The Bertz CT molecular complexity index is 1740. The van der Waals surface area contributed by atoms with Crippen molar-refractivity contribution in [1.29, 1.82) is 0 Å². The molecular formula is C33H27F9N2O4. The van der Waals surface area contributed by atoms with Crippen LogP contribution in [0, 0.1) is 0 Å². The lowest BCUT2D eigenvalue weighted by molar-refractivity contribution is -0.143. The number of halogens is 9. The number of nitrogens with zero attached hydrogens (tertiary/aromatic N) is 1. The van der Waals surface area contributed by atoms with Crippen molar-refractivity contribution < 1.29 is 58.6 Å². The predicted molar refractivity (Wildman–Crippen MR) is 152 cm³/mol. The Morgan fingerprint density at radius 2 is 1.42 bits per heavy atom. The van der Waals surface area contributed by atoms with Gasteiger partial charge in [-0.1, -0.05) is 12.1 Å². The van der Waals surface area contributed by atoms with Crippen molar-refractivity contribution in [3.8, 4) is 16.9 Å². The molecule has 3 aromatic carbocycles. The maximum atomic E-state index is 14.0. The van der Waals surface area contributed by atoms with Crippen LogP contribution in [0.1, 0.15) is 77.6 Å². The molecule has 0 aromatic heterocycles. The molecule has 0 bridgehead atoms. The van der Waals surface area contributed by atoms with Crippen LogP contribution < -0.4 is 10.1 Å². The second-order valence-electron chi connectivity index (χ2n) is 12.1. The SMILES string of the molecule is COc1ccc([C@H]2CC(=O)N[C@H]2C)cc1-c1ccc(C(F)(F)F)cc1[C@@H]1CC[C@H]2[C@@H](c3cc(C(F)(F)F)cc(C(F)(F)F)c3)OC(=O)N12. The summed E-state index contributed by atoms with van der Waals surface area (Å²) in [5, 5.41) is 2.83. The highest BCUT2D eigenvalue weighted by atomic mass is 19.4. The molecule has 3 aliphatic heterocycles. The quantitative estimate of drug-likeness (QED) is 0.273. The molecule has 1 N–H and O–H groups in total. The Morgan fingerprint density at radius 3 is 1.98 bits per heavy atom. The molecule has 0 spiro atoms. The van der Waals surface area contributed by atoms with Crippen LogP contribution in [0.5, 0.6) is 5.75 Å². The third-order valence-corrected chi connectivity index (χ3v) is 9.23. The molecule has 5 atom stereocenters. The second kappa shape index (κ2) is 11.6. The summed E-state index contributed by atoms with van der Waals surface area (Å²) in [6.07, 6.45) is -17.5. The number of fused-ring (bicyclic) bond motifs is 1. The van der Waals surface area contributed by atoms with Crippen molar-refractivity contribution in [2.75, 3.05) is 7.11 Å². The van der Waals surface area contributed by atoms with Gasteiger partial charge in [0, 0.05) is 23.9 Å². The molecule has 6 nitrogen and oxygen atoms in total. The predicted octanol–water partition coefficient (Wildman–Crippen LogP) is 8.81. The van der Waals surface area contributed by atoms with E-state index >= 15 is 0 Å². The summed E-state index contributed by atoms with van der Waals surface area (Å²) >= 11 is 0. The molecule has 3 fully saturated rings. The average molecular weight is 687 g/mol. The maximum Gasteiger partial charge on any atom is 0.416 e. The maximum absolute atomic E-state index is 14.0. The first-order valence-corrected chi connectivity index (χ1v) is 14.8. The van der Waals surface area contributed by atoms with E-state index in [9.17, 15) is 49.1 Å². The number of rotatable bonds is 5. The minimum atomic E-state index is -5.14. The van der Waals surface area contributed by atoms with Gasteiger partial charge < -0.3 is 14.8 Å². The number of alkyl halides is 9. The average Bonchev–Trinajstić information content (AvgIpc) is 3.69. The molecule has 15 heteroatoms. The summed E-state index contributed by atoms with van der Waals surface area (Å²) in [5.74, 6) is -0.133. The fraction of sp³-hybridized carbons (Fsp3) is 0.394. The lowest BCUT2D eigenvalue weighted by Gasteiger charge is -2.27. The zero-order valence-electron chi connectivity index (χ0n) is 25.2. The highest BCUT2D eigenvalue weighted by molar-refractivity contribution is 5.81. The molecule has 0 aliphatic carbocycles. The van der Waals surface area contributed by atoms with Crippen LogP contribution in [-0.2, 0) is 28.1 Å². The number of carbonyl (C=O) groups excluding carboxylic acids is 2. The topological polar surface area (TPSA) is 67.9 Å². The molecule has 3 saturated heterocycles. The van der Waals surface area contributed by atoms with Gasteiger partial charge >= 0.3 is 24.6 Å². The standard InChI is InChI=1S/C33H27F9N2O4/c1-15-22(14-28(45)43-15)16-3-8-27(47-2)24(11-16)21-5-4-18(31(34,35)36)13-23(21)25-6-7-26-29(48-30(46)44(25)26)17-9-19(32(37,38)39)12-20(10-17)33(40,41)42/h3-5,8-13,15,22,25-26,29H,6-7,14H2,1-2H3,(H,43,45)/t15-,22-,25-,26-,29+/m0/s1. The van der Waals surface area contributed by atoms with Gasteiger partial charge in [0.1, 0.15) is 11.9 Å². The molecule has 3 aromatic rings. The number of hydrogen-bond donors (Lipinski definition) is 1. The number of hydrogen-bond acceptors (Lipinski definition) is 4. The molecule has 3 heterocycles. The van der Waals surface area contributed by atoms with Crippen molar-refractivity contribution in [2.24, 2.45) is 0 Å². The third-order valence-electron chi connectivity index (χ3n) is 9.23. The van der Waals surface area contributed by atoms with E-state index in [1.165, 1.54) is 13.2 Å². The van der Waals surface area contributed by atoms with E-state index in [4.69, 9.17) is 9.47 Å². The Morgan fingerprint density at radius 1 is 0.771 bits per heavy atom. The lowest BCUT2D eigenvalue weighted by Crippen LogP contribution is -2.31. The Hall–Kier alpha value is -4.43. The van der Waals surface area contributed by atoms with E-state index in [2.05, 4.69) is 5.32 Å². The van der Waals surface area contributed by atoms with Crippen molar-refractivity contribution >= 4 is 12.0 Å². The van der Waals surface area contributed by atoms with E-state index in [-0.39, 0.29) is 60.1 Å².